The number of nitrogens with one attached hydrogen (secondary N) is 2. The van der Waals surface area contributed by atoms with Crippen molar-refractivity contribution in [3.05, 3.63) is 59.5 Å². The summed E-state index contributed by atoms with van der Waals surface area (Å²) in [5.41, 5.74) is 3.69. The summed E-state index contributed by atoms with van der Waals surface area (Å²) in [6, 6.07) is 0. The van der Waals surface area contributed by atoms with E-state index in [0.29, 0.717) is 0 Å². The van der Waals surface area contributed by atoms with Gasteiger partial charge in [0.2, 0.25) is 0 Å². The van der Waals surface area contributed by atoms with E-state index in [1.54, 1.807) is 0 Å². The highest BCUT2D eigenvalue weighted by atomic mass is 15.1. The van der Waals surface area contributed by atoms with Gasteiger partial charge in [0, 0.05) is 13.6 Å². The summed E-state index contributed by atoms with van der Waals surface area (Å²) in [7, 11) is 1.91. The molecule has 0 aliphatic carbocycles. The first-order valence-electron chi connectivity index (χ1n) is 6.78. The predicted octanol–water partition coefficient (Wildman–Crippen LogP) is 4.07. The van der Waals surface area contributed by atoms with Crippen LogP contribution in [0.15, 0.2) is 59.5 Å². The van der Waals surface area contributed by atoms with Crippen molar-refractivity contribution < 1.29 is 0 Å². The minimum atomic E-state index is 0.735. The molecule has 0 aromatic heterocycles. The smallest absolute Gasteiger partial charge is 0.0986 e. The van der Waals surface area contributed by atoms with Gasteiger partial charge in [-0.15, -0.1) is 0 Å². The van der Waals surface area contributed by atoms with Gasteiger partial charge in [-0.3, -0.25) is 0 Å². The van der Waals surface area contributed by atoms with Crippen LogP contribution < -0.4 is 10.6 Å². The van der Waals surface area contributed by atoms with E-state index >= 15 is 0 Å². The van der Waals surface area contributed by atoms with E-state index in [2.05, 4.69) is 63.1 Å². The van der Waals surface area contributed by atoms with E-state index in [9.17, 15) is 0 Å². The minimum absolute atomic E-state index is 0.735. The van der Waals surface area contributed by atoms with Crippen LogP contribution in [0.1, 0.15) is 34.1 Å². The van der Waals surface area contributed by atoms with Gasteiger partial charge in [-0.25, -0.2) is 0 Å². The Kier molecular flexibility index (Phi) is 9.33. The van der Waals surface area contributed by atoms with Crippen molar-refractivity contribution in [2.45, 2.75) is 34.1 Å². The van der Waals surface area contributed by atoms with Crippen LogP contribution in [0.4, 0.5) is 0 Å². The maximum absolute atomic E-state index is 4.02. The SMILES string of the molecule is C=C(/C=C\C=C(C)C)CN/C(=C/C=C(/C)CC)NC. The second-order valence-electron chi connectivity index (χ2n) is 4.81. The molecule has 0 heterocycles. The molecular weight excluding hydrogens is 232 g/mol. The molecule has 0 unspecified atom stereocenters. The molecule has 0 rings (SSSR count). The first-order valence-corrected chi connectivity index (χ1v) is 6.78. The Morgan fingerprint density at radius 2 is 1.79 bits per heavy atom. The van der Waals surface area contributed by atoms with Gasteiger partial charge in [-0.1, -0.05) is 49.0 Å². The molecule has 0 aliphatic rings. The average molecular weight is 260 g/mol. The molecule has 2 heteroatoms. The topological polar surface area (TPSA) is 24.1 Å². The fraction of sp³-hybridized carbons (Fsp3) is 0.412. The molecule has 0 aromatic carbocycles. The van der Waals surface area contributed by atoms with Crippen molar-refractivity contribution in [1.82, 2.24) is 10.6 Å². The number of rotatable bonds is 8. The monoisotopic (exact) mass is 260 g/mol. The van der Waals surface area contributed by atoms with Crippen molar-refractivity contribution in [2.75, 3.05) is 13.6 Å². The lowest BCUT2D eigenvalue weighted by Crippen LogP contribution is -2.24. The minimum Gasteiger partial charge on any atom is -0.375 e. The Bertz CT molecular complexity index is 391. The molecule has 0 saturated carbocycles. The molecule has 0 aliphatic heterocycles. The number of hydrogen-bond acceptors (Lipinski definition) is 2. The van der Waals surface area contributed by atoms with Gasteiger partial charge in [0.25, 0.3) is 0 Å². The van der Waals surface area contributed by atoms with Crippen LogP contribution in [-0.4, -0.2) is 13.6 Å². The second kappa shape index (κ2) is 10.2. The van der Waals surface area contributed by atoms with Gasteiger partial charge in [0.05, 0.1) is 5.82 Å². The van der Waals surface area contributed by atoms with E-state index in [4.69, 9.17) is 0 Å². The molecule has 0 radical (unpaired) electrons. The maximum atomic E-state index is 4.02. The molecule has 19 heavy (non-hydrogen) atoms. The lowest BCUT2D eigenvalue weighted by molar-refractivity contribution is 0.784. The van der Waals surface area contributed by atoms with Crippen LogP contribution in [0.2, 0.25) is 0 Å². The first kappa shape index (κ1) is 17.3. The lowest BCUT2D eigenvalue weighted by atomic mass is 10.2. The second-order valence-corrected chi connectivity index (χ2v) is 4.81. The standard InChI is InChI=1S/C17H28N2/c1-7-15(4)11-12-17(18-6)19-13-16(5)10-8-9-14(2)3/h8-12,18-19H,5,7,13H2,1-4,6H3/b10-8-,15-11-,17-12+. The Labute approximate surface area is 118 Å². The highest BCUT2D eigenvalue weighted by Crippen LogP contribution is 2.00. The summed E-state index contributed by atoms with van der Waals surface area (Å²) >= 11 is 0. The van der Waals surface area contributed by atoms with Crippen molar-refractivity contribution >= 4 is 0 Å². The zero-order valence-electron chi connectivity index (χ0n) is 13.0. The van der Waals surface area contributed by atoms with Gasteiger partial charge < -0.3 is 10.6 Å². The van der Waals surface area contributed by atoms with E-state index in [1.165, 1.54) is 11.1 Å². The summed E-state index contributed by atoms with van der Waals surface area (Å²) in [5.74, 6) is 1.00. The van der Waals surface area contributed by atoms with Crippen molar-refractivity contribution in [1.29, 1.82) is 0 Å². The molecule has 0 bridgehead atoms. The zero-order chi connectivity index (χ0) is 14.7. The van der Waals surface area contributed by atoms with Gasteiger partial charge in [-0.2, -0.15) is 0 Å². The van der Waals surface area contributed by atoms with Crippen molar-refractivity contribution in [2.24, 2.45) is 0 Å². The fourth-order valence-electron chi connectivity index (χ4n) is 1.22. The molecule has 0 atom stereocenters. The Morgan fingerprint density at radius 3 is 2.32 bits per heavy atom. The first-order chi connectivity index (χ1) is 8.99. The number of allylic oxidation sites excluding steroid dienone is 6. The van der Waals surface area contributed by atoms with Gasteiger partial charge in [-0.05, 0) is 38.8 Å². The van der Waals surface area contributed by atoms with E-state index in [-0.39, 0.29) is 0 Å². The molecule has 106 valence electrons. The van der Waals surface area contributed by atoms with E-state index < -0.39 is 0 Å². The molecule has 2 N–H and O–H groups in total. The Balaban J connectivity index is 4.32. The van der Waals surface area contributed by atoms with Crippen molar-refractivity contribution in [3.63, 3.8) is 0 Å². The normalized spacial score (nSPS) is 12.5. The van der Waals surface area contributed by atoms with Crippen LogP contribution in [-0.2, 0) is 0 Å². The summed E-state index contributed by atoms with van der Waals surface area (Å²) < 4.78 is 0. The molecule has 0 amide bonds. The Morgan fingerprint density at radius 1 is 1.11 bits per heavy atom. The molecule has 2 nitrogen and oxygen atoms in total. The quantitative estimate of drug-likeness (QED) is 0.643. The summed E-state index contributed by atoms with van der Waals surface area (Å²) in [5, 5.41) is 6.46. The van der Waals surface area contributed by atoms with Crippen LogP contribution >= 0.6 is 0 Å². The highest BCUT2D eigenvalue weighted by Gasteiger charge is 1.92. The van der Waals surface area contributed by atoms with E-state index in [0.717, 1.165) is 24.4 Å². The van der Waals surface area contributed by atoms with Crippen molar-refractivity contribution in [3.8, 4) is 0 Å². The highest BCUT2D eigenvalue weighted by molar-refractivity contribution is 5.23. The third-order valence-corrected chi connectivity index (χ3v) is 2.63. The molecule has 0 saturated heterocycles. The van der Waals surface area contributed by atoms with Crippen LogP contribution in [0.25, 0.3) is 0 Å². The van der Waals surface area contributed by atoms with Crippen LogP contribution in [0, 0.1) is 0 Å². The predicted molar refractivity (Wildman–Crippen MR) is 86.9 cm³/mol. The fourth-order valence-corrected chi connectivity index (χ4v) is 1.22. The molecule has 0 spiro atoms. The molecule has 0 aromatic rings. The summed E-state index contributed by atoms with van der Waals surface area (Å²) in [6.45, 7) is 13.2. The molecular formula is C17H28N2. The summed E-state index contributed by atoms with van der Waals surface area (Å²) in [4.78, 5) is 0. The number of hydrogen-bond donors (Lipinski definition) is 2. The lowest BCUT2D eigenvalue weighted by Gasteiger charge is -2.10. The maximum Gasteiger partial charge on any atom is 0.0986 e. The third kappa shape index (κ3) is 9.95. The molecule has 0 fully saturated rings. The van der Waals surface area contributed by atoms with E-state index in [1.807, 2.05) is 19.2 Å². The van der Waals surface area contributed by atoms with Gasteiger partial charge in [0.1, 0.15) is 0 Å². The van der Waals surface area contributed by atoms with Gasteiger partial charge >= 0.3 is 0 Å². The van der Waals surface area contributed by atoms with Crippen LogP contribution in [0.3, 0.4) is 0 Å². The third-order valence-electron chi connectivity index (χ3n) is 2.63. The van der Waals surface area contributed by atoms with Gasteiger partial charge in [0.15, 0.2) is 0 Å². The Hall–Kier alpha value is -1.70. The van der Waals surface area contributed by atoms with Crippen LogP contribution in [0.5, 0.6) is 0 Å². The summed E-state index contributed by atoms with van der Waals surface area (Å²) in [6.07, 6.45) is 11.4. The largest absolute Gasteiger partial charge is 0.375 e. The zero-order valence-corrected chi connectivity index (χ0v) is 13.0. The average Bonchev–Trinajstić information content (AvgIpc) is 2.38.